The highest BCUT2D eigenvalue weighted by Gasteiger charge is 2.23. The summed E-state index contributed by atoms with van der Waals surface area (Å²) >= 11 is 0. The van der Waals surface area contributed by atoms with Crippen LogP contribution >= 0.6 is 0 Å². The molecule has 5 heteroatoms. The molecule has 1 aromatic carbocycles. The van der Waals surface area contributed by atoms with Crippen LogP contribution in [0.3, 0.4) is 0 Å². The zero-order valence-electron chi connectivity index (χ0n) is 13.0. The van der Waals surface area contributed by atoms with Crippen LogP contribution < -0.4 is 5.32 Å². The molecule has 1 aliphatic rings. The van der Waals surface area contributed by atoms with Gasteiger partial charge in [0.05, 0.1) is 5.52 Å². The van der Waals surface area contributed by atoms with E-state index in [-0.39, 0.29) is 17.9 Å². The monoisotopic (exact) mass is 309 g/mol. The number of pyridine rings is 1. The molecule has 3 rings (SSSR count). The Kier molecular flexibility index (Phi) is 4.37. The van der Waals surface area contributed by atoms with Crippen molar-refractivity contribution in [2.45, 2.75) is 19.4 Å². The average molecular weight is 309 g/mol. The van der Waals surface area contributed by atoms with Crippen LogP contribution in [0.2, 0.25) is 0 Å². The number of rotatable bonds is 2. The normalized spacial score (nSPS) is 18.9. The van der Waals surface area contributed by atoms with Crippen molar-refractivity contribution in [2.75, 3.05) is 13.1 Å². The van der Waals surface area contributed by atoms with Gasteiger partial charge in [-0.25, -0.2) is 0 Å². The molecule has 2 amide bonds. The molecule has 118 valence electrons. The zero-order valence-corrected chi connectivity index (χ0v) is 13.0. The summed E-state index contributed by atoms with van der Waals surface area (Å²) in [6.07, 6.45) is 5.45. The lowest BCUT2D eigenvalue weighted by atomic mass is 10.1. The number of carbonyl (C=O) groups excluding carboxylic acids is 2. The number of benzene rings is 1. The highest BCUT2D eigenvalue weighted by Crippen LogP contribution is 2.17. The van der Waals surface area contributed by atoms with Crippen molar-refractivity contribution in [1.29, 1.82) is 0 Å². The first-order chi connectivity index (χ1) is 11.1. The smallest absolute Gasteiger partial charge is 0.246 e. The molecule has 1 unspecified atom stereocenters. The lowest BCUT2D eigenvalue weighted by Crippen LogP contribution is -2.38. The summed E-state index contributed by atoms with van der Waals surface area (Å²) in [6.45, 7) is 2.93. The van der Waals surface area contributed by atoms with Gasteiger partial charge in [0.25, 0.3) is 0 Å². The number of para-hydroxylation sites is 1. The van der Waals surface area contributed by atoms with Crippen LogP contribution in [0.15, 0.2) is 42.6 Å². The zero-order chi connectivity index (χ0) is 16.2. The maximum atomic E-state index is 12.5. The van der Waals surface area contributed by atoms with Crippen LogP contribution in [-0.4, -0.2) is 40.8 Å². The Morgan fingerprint density at radius 2 is 2.17 bits per heavy atom. The summed E-state index contributed by atoms with van der Waals surface area (Å²) in [4.78, 5) is 30.1. The van der Waals surface area contributed by atoms with Crippen molar-refractivity contribution in [2.24, 2.45) is 0 Å². The number of amides is 2. The number of aromatic nitrogens is 1. The van der Waals surface area contributed by atoms with Crippen LogP contribution in [-0.2, 0) is 9.59 Å². The Morgan fingerprint density at radius 3 is 3.04 bits per heavy atom. The quantitative estimate of drug-likeness (QED) is 0.863. The third kappa shape index (κ3) is 3.39. The van der Waals surface area contributed by atoms with Crippen LogP contribution in [0.25, 0.3) is 17.0 Å². The van der Waals surface area contributed by atoms with E-state index in [0.717, 1.165) is 16.5 Å². The number of hydrogen-bond donors (Lipinski definition) is 1. The van der Waals surface area contributed by atoms with E-state index < -0.39 is 0 Å². The van der Waals surface area contributed by atoms with Crippen molar-refractivity contribution in [3.63, 3.8) is 0 Å². The molecule has 0 aliphatic carbocycles. The maximum Gasteiger partial charge on any atom is 0.246 e. The fourth-order valence-corrected chi connectivity index (χ4v) is 2.83. The number of nitrogens with zero attached hydrogens (tertiary/aromatic N) is 2. The lowest BCUT2D eigenvalue weighted by molar-refractivity contribution is -0.128. The van der Waals surface area contributed by atoms with Gasteiger partial charge in [-0.15, -0.1) is 0 Å². The van der Waals surface area contributed by atoms with Crippen molar-refractivity contribution in [3.8, 4) is 0 Å². The molecule has 1 atom stereocenters. The van der Waals surface area contributed by atoms with E-state index >= 15 is 0 Å². The maximum absolute atomic E-state index is 12.5. The van der Waals surface area contributed by atoms with Gasteiger partial charge in [0, 0.05) is 48.8 Å². The first-order valence-electron chi connectivity index (χ1n) is 7.74. The van der Waals surface area contributed by atoms with Gasteiger partial charge < -0.3 is 10.2 Å². The molecule has 1 aromatic heterocycles. The summed E-state index contributed by atoms with van der Waals surface area (Å²) < 4.78 is 0. The molecule has 1 aliphatic heterocycles. The van der Waals surface area contributed by atoms with Crippen molar-refractivity contribution in [3.05, 3.63) is 48.2 Å². The fraction of sp³-hybridized carbons (Fsp3) is 0.278. The fourth-order valence-electron chi connectivity index (χ4n) is 2.83. The van der Waals surface area contributed by atoms with E-state index in [1.807, 2.05) is 37.3 Å². The largest absolute Gasteiger partial charge is 0.354 e. The second-order valence-electron chi connectivity index (χ2n) is 5.69. The molecule has 2 heterocycles. The Bertz CT molecular complexity index is 764. The van der Waals surface area contributed by atoms with E-state index in [4.69, 9.17) is 0 Å². The highest BCUT2D eigenvalue weighted by molar-refractivity contribution is 5.96. The molecule has 0 radical (unpaired) electrons. The van der Waals surface area contributed by atoms with E-state index in [1.54, 1.807) is 23.2 Å². The molecule has 1 fully saturated rings. The molecule has 23 heavy (non-hydrogen) atoms. The third-order valence-corrected chi connectivity index (χ3v) is 4.04. The average Bonchev–Trinajstić information content (AvgIpc) is 2.72. The number of hydrogen-bond acceptors (Lipinski definition) is 3. The van der Waals surface area contributed by atoms with Gasteiger partial charge in [-0.2, -0.15) is 0 Å². The summed E-state index contributed by atoms with van der Waals surface area (Å²) in [6, 6.07) is 9.68. The Morgan fingerprint density at radius 1 is 1.35 bits per heavy atom. The predicted molar refractivity (Wildman–Crippen MR) is 89.6 cm³/mol. The molecule has 0 saturated carbocycles. The van der Waals surface area contributed by atoms with Crippen LogP contribution in [0.4, 0.5) is 0 Å². The van der Waals surface area contributed by atoms with Gasteiger partial charge in [0.1, 0.15) is 0 Å². The van der Waals surface area contributed by atoms with Gasteiger partial charge in [0.15, 0.2) is 0 Å². The summed E-state index contributed by atoms with van der Waals surface area (Å²) in [5.74, 6) is -0.0861. The number of nitrogens with one attached hydrogen (secondary N) is 1. The third-order valence-electron chi connectivity index (χ3n) is 4.04. The van der Waals surface area contributed by atoms with E-state index in [2.05, 4.69) is 10.3 Å². The topological polar surface area (TPSA) is 62.3 Å². The van der Waals surface area contributed by atoms with Gasteiger partial charge >= 0.3 is 0 Å². The summed E-state index contributed by atoms with van der Waals surface area (Å²) in [5.41, 5.74) is 1.79. The molecular weight excluding hydrogens is 290 g/mol. The minimum absolute atomic E-state index is 0.00460. The molecular formula is C18H19N3O2. The van der Waals surface area contributed by atoms with E-state index in [1.165, 1.54) is 0 Å². The minimum atomic E-state index is -0.0970. The molecule has 5 nitrogen and oxygen atoms in total. The van der Waals surface area contributed by atoms with Gasteiger partial charge in [-0.3, -0.25) is 14.6 Å². The van der Waals surface area contributed by atoms with Crippen LogP contribution in [0, 0.1) is 0 Å². The number of fused-ring (bicyclic) bond motifs is 1. The predicted octanol–water partition coefficient (Wildman–Crippen LogP) is 1.98. The van der Waals surface area contributed by atoms with Crippen LogP contribution in [0.5, 0.6) is 0 Å². The standard InChI is InChI=1S/C18H19N3O2/c1-13-12-16(22)19-10-11-21(13)17(23)8-7-15-5-2-4-14-6-3-9-20-18(14)15/h2-9,13H,10-12H2,1H3,(H,19,22)/b8-7+. The second kappa shape index (κ2) is 6.60. The first kappa shape index (κ1) is 15.2. The van der Waals surface area contributed by atoms with Gasteiger partial charge in [-0.05, 0) is 19.1 Å². The van der Waals surface area contributed by atoms with Crippen molar-refractivity contribution < 1.29 is 9.59 Å². The molecule has 0 bridgehead atoms. The van der Waals surface area contributed by atoms with Crippen molar-refractivity contribution >= 4 is 28.8 Å². The summed E-state index contributed by atoms with van der Waals surface area (Å²) in [5, 5.41) is 3.83. The summed E-state index contributed by atoms with van der Waals surface area (Å²) in [7, 11) is 0. The number of carbonyl (C=O) groups is 2. The molecule has 0 spiro atoms. The molecule has 1 N–H and O–H groups in total. The van der Waals surface area contributed by atoms with Gasteiger partial charge in [-0.1, -0.05) is 24.3 Å². The van der Waals surface area contributed by atoms with Crippen LogP contribution in [0.1, 0.15) is 18.9 Å². The first-order valence-corrected chi connectivity index (χ1v) is 7.74. The Hall–Kier alpha value is -2.69. The van der Waals surface area contributed by atoms with E-state index in [9.17, 15) is 9.59 Å². The Labute approximate surface area is 135 Å². The molecule has 1 saturated heterocycles. The van der Waals surface area contributed by atoms with Crippen molar-refractivity contribution in [1.82, 2.24) is 15.2 Å². The Balaban J connectivity index is 1.81. The van der Waals surface area contributed by atoms with E-state index in [0.29, 0.717) is 19.5 Å². The lowest BCUT2D eigenvalue weighted by Gasteiger charge is -2.24. The molecule has 2 aromatic rings. The highest BCUT2D eigenvalue weighted by atomic mass is 16.2. The van der Waals surface area contributed by atoms with Gasteiger partial charge in [0.2, 0.25) is 11.8 Å². The second-order valence-corrected chi connectivity index (χ2v) is 5.69. The SMILES string of the molecule is CC1CC(=O)NCCN1C(=O)/C=C/c1cccc2cccnc12. The minimum Gasteiger partial charge on any atom is -0.354 e.